The fourth-order valence-electron chi connectivity index (χ4n) is 2.30. The molecule has 20 heavy (non-hydrogen) atoms. The molecule has 5 heteroatoms. The molecule has 0 bridgehead atoms. The van der Waals surface area contributed by atoms with Crippen LogP contribution in [0.4, 0.5) is 0 Å². The summed E-state index contributed by atoms with van der Waals surface area (Å²) in [6.07, 6.45) is 3.31. The molecule has 1 aromatic rings. The summed E-state index contributed by atoms with van der Waals surface area (Å²) in [5.74, 6) is 0.278. The Morgan fingerprint density at radius 3 is 2.70 bits per heavy atom. The van der Waals surface area contributed by atoms with E-state index in [2.05, 4.69) is 11.4 Å². The molecule has 1 amide bonds. The van der Waals surface area contributed by atoms with Crippen LogP contribution in [0.25, 0.3) is 0 Å². The van der Waals surface area contributed by atoms with Gasteiger partial charge in [-0.05, 0) is 37.1 Å². The van der Waals surface area contributed by atoms with Gasteiger partial charge in [0.1, 0.15) is 0 Å². The fourth-order valence-corrected chi connectivity index (χ4v) is 3.01. The molecule has 0 radical (unpaired) electrons. The van der Waals surface area contributed by atoms with Gasteiger partial charge in [-0.1, -0.05) is 12.8 Å². The molecule has 1 aliphatic carbocycles. The number of carbonyl (C=O) groups excluding carboxylic acids is 1. The highest BCUT2D eigenvalue weighted by molar-refractivity contribution is 8.00. The van der Waals surface area contributed by atoms with Gasteiger partial charge in [0.05, 0.1) is 29.5 Å². The van der Waals surface area contributed by atoms with E-state index in [0.29, 0.717) is 11.3 Å². The summed E-state index contributed by atoms with van der Waals surface area (Å²) in [4.78, 5) is 12.8. The Morgan fingerprint density at radius 2 is 2.05 bits per heavy atom. The van der Waals surface area contributed by atoms with Crippen LogP contribution in [0.5, 0.6) is 0 Å². The molecule has 1 fully saturated rings. The van der Waals surface area contributed by atoms with Crippen molar-refractivity contribution in [1.82, 2.24) is 5.32 Å². The molecule has 0 spiro atoms. The molecule has 4 nitrogen and oxygen atoms in total. The molecule has 1 aliphatic rings. The van der Waals surface area contributed by atoms with E-state index in [4.69, 9.17) is 5.26 Å². The second-order valence-electron chi connectivity index (χ2n) is 4.95. The average molecular weight is 290 g/mol. The minimum Gasteiger partial charge on any atom is -0.391 e. The van der Waals surface area contributed by atoms with Crippen molar-refractivity contribution in [3.8, 4) is 6.07 Å². The van der Waals surface area contributed by atoms with Crippen LogP contribution < -0.4 is 5.32 Å². The van der Waals surface area contributed by atoms with E-state index in [0.717, 1.165) is 30.6 Å². The number of nitrogens with zero attached hydrogens (tertiary/aromatic N) is 1. The molecule has 1 aromatic carbocycles. The molecule has 2 N–H and O–H groups in total. The SMILES string of the molecule is N#Cc1ccc(SCC(=O)NC2CCCCC2O)cc1. The first-order chi connectivity index (χ1) is 9.69. The van der Waals surface area contributed by atoms with Gasteiger partial charge in [-0.15, -0.1) is 11.8 Å². The minimum absolute atomic E-state index is 0.0506. The van der Waals surface area contributed by atoms with E-state index in [1.807, 2.05) is 12.1 Å². The molecule has 1 saturated carbocycles. The topological polar surface area (TPSA) is 73.1 Å². The number of benzene rings is 1. The van der Waals surface area contributed by atoms with Crippen LogP contribution in [0.2, 0.25) is 0 Å². The Kier molecular flexibility index (Phi) is 5.45. The summed E-state index contributed by atoms with van der Waals surface area (Å²) in [6.45, 7) is 0. The van der Waals surface area contributed by atoms with Crippen molar-refractivity contribution in [3.05, 3.63) is 29.8 Å². The van der Waals surface area contributed by atoms with Crippen molar-refractivity contribution >= 4 is 17.7 Å². The first-order valence-electron chi connectivity index (χ1n) is 6.79. The second-order valence-corrected chi connectivity index (χ2v) is 6.00. The van der Waals surface area contributed by atoms with E-state index in [-0.39, 0.29) is 11.9 Å². The lowest BCUT2D eigenvalue weighted by molar-refractivity contribution is -0.120. The number of rotatable bonds is 4. The highest BCUT2D eigenvalue weighted by Gasteiger charge is 2.24. The third-order valence-corrected chi connectivity index (χ3v) is 4.44. The largest absolute Gasteiger partial charge is 0.391 e. The number of nitriles is 1. The molecule has 2 unspecified atom stereocenters. The number of nitrogens with one attached hydrogen (secondary N) is 1. The normalized spacial score (nSPS) is 22.0. The molecule has 0 heterocycles. The average Bonchev–Trinajstić information content (AvgIpc) is 2.48. The van der Waals surface area contributed by atoms with Crippen molar-refractivity contribution in [2.75, 3.05) is 5.75 Å². The summed E-state index contributed by atoms with van der Waals surface area (Å²) in [6, 6.07) is 9.12. The van der Waals surface area contributed by atoms with Crippen LogP contribution in [0.15, 0.2) is 29.2 Å². The zero-order valence-electron chi connectivity index (χ0n) is 11.2. The second kappa shape index (κ2) is 7.32. The minimum atomic E-state index is -0.410. The van der Waals surface area contributed by atoms with Gasteiger partial charge < -0.3 is 10.4 Å². The quantitative estimate of drug-likeness (QED) is 0.833. The monoisotopic (exact) mass is 290 g/mol. The molecule has 2 rings (SSSR count). The number of hydrogen-bond acceptors (Lipinski definition) is 4. The van der Waals surface area contributed by atoms with Gasteiger partial charge in [0, 0.05) is 4.90 Å². The summed E-state index contributed by atoms with van der Waals surface area (Å²) in [7, 11) is 0. The van der Waals surface area contributed by atoms with Crippen LogP contribution >= 0.6 is 11.8 Å². The van der Waals surface area contributed by atoms with Crippen molar-refractivity contribution in [3.63, 3.8) is 0 Å². The maximum absolute atomic E-state index is 11.9. The molecule has 106 valence electrons. The maximum atomic E-state index is 11.9. The molecule has 2 atom stereocenters. The number of amides is 1. The van der Waals surface area contributed by atoms with E-state index in [1.54, 1.807) is 12.1 Å². The lowest BCUT2D eigenvalue weighted by Gasteiger charge is -2.28. The lowest BCUT2D eigenvalue weighted by atomic mass is 9.93. The van der Waals surface area contributed by atoms with Crippen molar-refractivity contribution in [1.29, 1.82) is 5.26 Å². The Balaban J connectivity index is 1.78. The van der Waals surface area contributed by atoms with Crippen LogP contribution in [0, 0.1) is 11.3 Å². The zero-order chi connectivity index (χ0) is 14.4. The smallest absolute Gasteiger partial charge is 0.230 e. The van der Waals surface area contributed by atoms with E-state index in [9.17, 15) is 9.90 Å². The highest BCUT2D eigenvalue weighted by atomic mass is 32.2. The van der Waals surface area contributed by atoms with Crippen LogP contribution in [-0.4, -0.2) is 28.9 Å². The molecule has 0 aromatic heterocycles. The van der Waals surface area contributed by atoms with Gasteiger partial charge in [0.2, 0.25) is 5.91 Å². The predicted octanol–water partition coefficient (Wildman–Crippen LogP) is 2.07. The predicted molar refractivity (Wildman–Crippen MR) is 78.3 cm³/mol. The maximum Gasteiger partial charge on any atom is 0.230 e. The fraction of sp³-hybridized carbons (Fsp3) is 0.467. The van der Waals surface area contributed by atoms with E-state index >= 15 is 0 Å². The molecular weight excluding hydrogens is 272 g/mol. The zero-order valence-corrected chi connectivity index (χ0v) is 12.0. The summed E-state index contributed by atoms with van der Waals surface area (Å²) in [5.41, 5.74) is 0.615. The number of thioether (sulfide) groups is 1. The first kappa shape index (κ1) is 14.9. The van der Waals surface area contributed by atoms with Crippen molar-refractivity contribution < 1.29 is 9.90 Å². The number of carbonyl (C=O) groups is 1. The number of aliphatic hydroxyl groups excluding tert-OH is 1. The summed E-state index contributed by atoms with van der Waals surface area (Å²) >= 11 is 1.43. The van der Waals surface area contributed by atoms with Gasteiger partial charge >= 0.3 is 0 Å². The lowest BCUT2D eigenvalue weighted by Crippen LogP contribution is -2.45. The Labute approximate surface area is 123 Å². The molecule has 0 aliphatic heterocycles. The van der Waals surface area contributed by atoms with Crippen molar-refractivity contribution in [2.45, 2.75) is 42.7 Å². The van der Waals surface area contributed by atoms with Crippen LogP contribution in [0.3, 0.4) is 0 Å². The van der Waals surface area contributed by atoms with Crippen LogP contribution in [0.1, 0.15) is 31.2 Å². The molecular formula is C15H18N2O2S. The highest BCUT2D eigenvalue weighted by Crippen LogP contribution is 2.20. The van der Waals surface area contributed by atoms with Gasteiger partial charge in [-0.3, -0.25) is 4.79 Å². The number of hydrogen-bond donors (Lipinski definition) is 2. The van der Waals surface area contributed by atoms with Gasteiger partial charge in [0.25, 0.3) is 0 Å². The Hall–Kier alpha value is -1.51. The molecule has 0 saturated heterocycles. The van der Waals surface area contributed by atoms with Gasteiger partial charge in [0.15, 0.2) is 0 Å². The van der Waals surface area contributed by atoms with E-state index < -0.39 is 6.10 Å². The standard InChI is InChI=1S/C15H18N2O2S/c16-9-11-5-7-12(8-6-11)20-10-15(19)17-13-3-1-2-4-14(13)18/h5-8,13-14,18H,1-4,10H2,(H,17,19). The summed E-state index contributed by atoms with van der Waals surface area (Å²) < 4.78 is 0. The Morgan fingerprint density at radius 1 is 1.35 bits per heavy atom. The first-order valence-corrected chi connectivity index (χ1v) is 7.78. The van der Waals surface area contributed by atoms with Crippen molar-refractivity contribution in [2.24, 2.45) is 0 Å². The Bertz CT molecular complexity index is 496. The third-order valence-electron chi connectivity index (χ3n) is 3.43. The van der Waals surface area contributed by atoms with Gasteiger partial charge in [-0.25, -0.2) is 0 Å². The van der Waals surface area contributed by atoms with Crippen LogP contribution in [-0.2, 0) is 4.79 Å². The third kappa shape index (κ3) is 4.26. The van der Waals surface area contributed by atoms with E-state index in [1.165, 1.54) is 11.8 Å². The van der Waals surface area contributed by atoms with Gasteiger partial charge in [-0.2, -0.15) is 5.26 Å². The summed E-state index contributed by atoms with van der Waals surface area (Å²) in [5, 5.41) is 21.4. The number of aliphatic hydroxyl groups is 1.